The fourth-order valence-electron chi connectivity index (χ4n) is 2.65. The van der Waals surface area contributed by atoms with E-state index in [1.54, 1.807) is 0 Å². The van der Waals surface area contributed by atoms with E-state index in [0.717, 1.165) is 0 Å². The maximum absolute atomic E-state index is 3.42. The molecule has 1 N–H and O–H groups in total. The lowest BCUT2D eigenvalue weighted by atomic mass is 10.2. The zero-order valence-corrected chi connectivity index (χ0v) is 17.1. The van der Waals surface area contributed by atoms with Crippen molar-refractivity contribution < 1.29 is 0 Å². The summed E-state index contributed by atoms with van der Waals surface area (Å²) in [6.45, 7) is 4.17. The Balaban J connectivity index is 0.000000136. The Morgan fingerprint density at radius 3 is 1.18 bits per heavy atom. The third-order valence-electron chi connectivity index (χ3n) is 4.14. The van der Waals surface area contributed by atoms with E-state index in [1.807, 2.05) is 48.2 Å². The van der Waals surface area contributed by atoms with Gasteiger partial charge in [-0.05, 0) is 38.1 Å². The first-order valence-corrected chi connectivity index (χ1v) is 10.2. The van der Waals surface area contributed by atoms with Crippen molar-refractivity contribution in [2.45, 2.75) is 23.6 Å². The molecule has 0 radical (unpaired) electrons. The molecule has 1 nitrogen and oxygen atoms in total. The van der Waals surface area contributed by atoms with Gasteiger partial charge in [0.15, 0.2) is 0 Å². The summed E-state index contributed by atoms with van der Waals surface area (Å²) in [4.78, 5) is 2.59. The Bertz CT molecular complexity index is 856. The molecule has 0 spiro atoms. The summed E-state index contributed by atoms with van der Waals surface area (Å²) in [5, 5.41) is 3.42. The number of aryl methyl sites for hydroxylation is 2. The number of nitrogens with one attached hydrogen (secondary N) is 1. The van der Waals surface area contributed by atoms with Gasteiger partial charge in [0, 0.05) is 9.79 Å². The number of anilines is 2. The van der Waals surface area contributed by atoms with E-state index in [1.165, 1.54) is 32.3 Å². The van der Waals surface area contributed by atoms with Crippen LogP contribution in [0, 0.1) is 13.8 Å². The van der Waals surface area contributed by atoms with Gasteiger partial charge in [-0.3, -0.25) is 0 Å². The molecule has 0 aromatic heterocycles. The molecule has 2 heteroatoms. The average molecular weight is 384 g/mol. The molecular formula is C26H25NS. The highest BCUT2D eigenvalue weighted by atomic mass is 32.2. The minimum atomic E-state index is 1.20. The molecule has 0 amide bonds. The smallest absolute Gasteiger partial charge is 0.0526 e. The Kier molecular flexibility index (Phi) is 7.34. The number of benzene rings is 4. The van der Waals surface area contributed by atoms with Crippen molar-refractivity contribution in [2.24, 2.45) is 0 Å². The van der Waals surface area contributed by atoms with Crippen molar-refractivity contribution in [2.75, 3.05) is 5.32 Å². The number of fused-ring (bicyclic) bond motifs is 2. The predicted molar refractivity (Wildman–Crippen MR) is 123 cm³/mol. The molecule has 1 heterocycles. The lowest BCUT2D eigenvalue weighted by Crippen LogP contribution is -1.98. The summed E-state index contributed by atoms with van der Waals surface area (Å²) >= 11 is 1.82. The Morgan fingerprint density at radius 1 is 0.464 bits per heavy atom. The SMILES string of the molecule is Cc1ccccc1.Cc1ccccc1.c1ccc2c(c1)Nc1ccccc1S2. The average Bonchev–Trinajstić information content (AvgIpc) is 2.74. The Hall–Kier alpha value is -2.97. The van der Waals surface area contributed by atoms with Crippen LogP contribution >= 0.6 is 11.8 Å². The summed E-state index contributed by atoms with van der Waals surface area (Å²) in [7, 11) is 0. The lowest BCUT2D eigenvalue weighted by molar-refractivity contribution is 1.32. The predicted octanol–water partition coefficient (Wildman–Crippen LogP) is 7.88. The van der Waals surface area contributed by atoms with Gasteiger partial charge < -0.3 is 5.32 Å². The van der Waals surface area contributed by atoms with E-state index >= 15 is 0 Å². The van der Waals surface area contributed by atoms with E-state index in [2.05, 4.69) is 92.0 Å². The molecule has 5 rings (SSSR count). The van der Waals surface area contributed by atoms with Crippen molar-refractivity contribution in [3.05, 3.63) is 120 Å². The van der Waals surface area contributed by atoms with Crippen LogP contribution in [0.15, 0.2) is 119 Å². The second-order valence-corrected chi connectivity index (χ2v) is 7.61. The van der Waals surface area contributed by atoms with Crippen molar-refractivity contribution >= 4 is 23.1 Å². The summed E-state index contributed by atoms with van der Waals surface area (Å²) in [5.41, 5.74) is 5.05. The van der Waals surface area contributed by atoms with Gasteiger partial charge in [0.25, 0.3) is 0 Å². The minimum absolute atomic E-state index is 1.20. The number of para-hydroxylation sites is 2. The Morgan fingerprint density at radius 2 is 0.821 bits per heavy atom. The van der Waals surface area contributed by atoms with Gasteiger partial charge in [0.1, 0.15) is 0 Å². The van der Waals surface area contributed by atoms with Gasteiger partial charge in [0.05, 0.1) is 11.4 Å². The minimum Gasteiger partial charge on any atom is -0.354 e. The molecule has 0 saturated heterocycles. The summed E-state index contributed by atoms with van der Waals surface area (Å²) in [5.74, 6) is 0. The third kappa shape index (κ3) is 6.04. The molecule has 0 atom stereocenters. The van der Waals surface area contributed by atoms with Gasteiger partial charge in [-0.25, -0.2) is 0 Å². The second kappa shape index (κ2) is 10.4. The van der Waals surface area contributed by atoms with Crippen molar-refractivity contribution in [3.63, 3.8) is 0 Å². The van der Waals surface area contributed by atoms with Crippen LogP contribution in [0.1, 0.15) is 11.1 Å². The van der Waals surface area contributed by atoms with Crippen molar-refractivity contribution in [1.29, 1.82) is 0 Å². The summed E-state index contributed by atoms with van der Waals surface area (Å²) in [6, 6.07) is 37.3. The van der Waals surface area contributed by atoms with E-state index < -0.39 is 0 Å². The quantitative estimate of drug-likeness (QED) is 0.292. The van der Waals surface area contributed by atoms with Gasteiger partial charge in [-0.15, -0.1) is 0 Å². The van der Waals surface area contributed by atoms with Crippen LogP contribution in [0.3, 0.4) is 0 Å². The maximum Gasteiger partial charge on any atom is 0.0526 e. The topological polar surface area (TPSA) is 12.0 Å². The molecule has 0 fully saturated rings. The molecule has 0 unspecified atom stereocenters. The summed E-state index contributed by atoms with van der Waals surface area (Å²) in [6.07, 6.45) is 0. The van der Waals surface area contributed by atoms with Crippen LogP contribution in [0.5, 0.6) is 0 Å². The second-order valence-electron chi connectivity index (χ2n) is 6.53. The zero-order chi connectivity index (χ0) is 19.6. The van der Waals surface area contributed by atoms with Crippen LogP contribution in [0.4, 0.5) is 11.4 Å². The van der Waals surface area contributed by atoms with Crippen LogP contribution in [-0.2, 0) is 0 Å². The van der Waals surface area contributed by atoms with Crippen molar-refractivity contribution in [1.82, 2.24) is 0 Å². The highest BCUT2D eigenvalue weighted by molar-refractivity contribution is 7.99. The van der Waals surface area contributed by atoms with Gasteiger partial charge >= 0.3 is 0 Å². The molecule has 4 aromatic rings. The largest absolute Gasteiger partial charge is 0.354 e. The molecule has 1 aliphatic rings. The molecular weight excluding hydrogens is 358 g/mol. The highest BCUT2D eigenvalue weighted by Gasteiger charge is 2.13. The van der Waals surface area contributed by atoms with E-state index in [-0.39, 0.29) is 0 Å². The van der Waals surface area contributed by atoms with Crippen LogP contribution in [0.2, 0.25) is 0 Å². The van der Waals surface area contributed by atoms with Crippen LogP contribution in [0.25, 0.3) is 0 Å². The first-order chi connectivity index (χ1) is 13.7. The molecule has 4 aromatic carbocycles. The van der Waals surface area contributed by atoms with E-state index in [0.29, 0.717) is 0 Å². The third-order valence-corrected chi connectivity index (χ3v) is 5.30. The van der Waals surface area contributed by atoms with Gasteiger partial charge in [-0.2, -0.15) is 0 Å². The van der Waals surface area contributed by atoms with Gasteiger partial charge in [0.2, 0.25) is 0 Å². The van der Waals surface area contributed by atoms with E-state index in [4.69, 9.17) is 0 Å². The fraction of sp³-hybridized carbons (Fsp3) is 0.0769. The molecule has 28 heavy (non-hydrogen) atoms. The number of hydrogen-bond donors (Lipinski definition) is 1. The normalized spacial score (nSPS) is 10.6. The zero-order valence-electron chi connectivity index (χ0n) is 16.3. The molecule has 1 aliphatic heterocycles. The monoisotopic (exact) mass is 383 g/mol. The molecule has 0 aliphatic carbocycles. The molecule has 0 saturated carbocycles. The highest BCUT2D eigenvalue weighted by Crippen LogP contribution is 2.43. The van der Waals surface area contributed by atoms with Crippen molar-refractivity contribution in [3.8, 4) is 0 Å². The number of hydrogen-bond acceptors (Lipinski definition) is 2. The van der Waals surface area contributed by atoms with Crippen LogP contribution in [-0.4, -0.2) is 0 Å². The first kappa shape index (κ1) is 19.8. The van der Waals surface area contributed by atoms with E-state index in [9.17, 15) is 0 Å². The lowest BCUT2D eigenvalue weighted by Gasteiger charge is -2.19. The molecule has 140 valence electrons. The molecule has 0 bridgehead atoms. The summed E-state index contributed by atoms with van der Waals surface area (Å²) < 4.78 is 0. The maximum atomic E-state index is 3.42. The van der Waals surface area contributed by atoms with Gasteiger partial charge in [-0.1, -0.05) is 108 Å². The standard InChI is InChI=1S/C12H9NS.2C7H8/c1-3-7-11-9(5-1)13-10-6-2-4-8-12(10)14-11;2*1-7-5-3-2-4-6-7/h1-8,13H;2*2-6H,1H3. The fourth-order valence-corrected chi connectivity index (χ4v) is 3.64. The van der Waals surface area contributed by atoms with Crippen LogP contribution < -0.4 is 5.32 Å². The number of rotatable bonds is 0. The first-order valence-electron chi connectivity index (χ1n) is 9.38. The Labute approximate surface area is 172 Å².